The average molecular weight is 350 g/mol. The molecule has 0 aliphatic rings. The maximum Gasteiger partial charge on any atom is -0.0149 e. The molecule has 0 saturated carbocycles. The van der Waals surface area contributed by atoms with Crippen LogP contribution < -0.4 is 21.2 Å². The molecule has 0 spiro atoms. The Morgan fingerprint density at radius 3 is 1.21 bits per heavy atom. The predicted molar refractivity (Wildman–Crippen MR) is 113 cm³/mol. The Labute approximate surface area is 149 Å². The zero-order chi connectivity index (χ0) is 16.8. The zero-order valence-electron chi connectivity index (χ0n) is 14.3. The zero-order valence-corrected chi connectivity index (χ0v) is 16.3. The standard InChI is InChI=1S/C22H24P2/c1-3-17-11-5-7-13-19(17)23-21-15-9-10-16-22(21)24-20-14-8-6-12-18(20)4-2/h5-16,23-24H,3-4H2,1-2H3. The minimum Gasteiger partial charge on any atom is -0.0619 e. The van der Waals surface area contributed by atoms with E-state index in [1.807, 2.05) is 0 Å². The Hall–Kier alpha value is -1.48. The van der Waals surface area contributed by atoms with Crippen molar-refractivity contribution in [3.8, 4) is 0 Å². The molecule has 2 atom stereocenters. The molecule has 0 amide bonds. The summed E-state index contributed by atoms with van der Waals surface area (Å²) in [6.07, 6.45) is 2.21. The normalized spacial score (nSPS) is 11.8. The van der Waals surface area contributed by atoms with Gasteiger partial charge in [0.15, 0.2) is 0 Å². The first-order chi connectivity index (χ1) is 11.8. The summed E-state index contributed by atoms with van der Waals surface area (Å²) in [4.78, 5) is 0. The highest BCUT2D eigenvalue weighted by molar-refractivity contribution is 7.62. The predicted octanol–water partition coefficient (Wildman–Crippen LogP) is 4.07. The number of hydrogen-bond acceptors (Lipinski definition) is 0. The fraction of sp³-hybridized carbons (Fsp3) is 0.182. The van der Waals surface area contributed by atoms with E-state index in [0.29, 0.717) is 0 Å². The lowest BCUT2D eigenvalue weighted by atomic mass is 10.2. The highest BCUT2D eigenvalue weighted by Crippen LogP contribution is 2.19. The molecule has 122 valence electrons. The van der Waals surface area contributed by atoms with E-state index in [4.69, 9.17) is 0 Å². The van der Waals surface area contributed by atoms with Crippen molar-refractivity contribution in [2.75, 3.05) is 0 Å². The van der Waals surface area contributed by atoms with Gasteiger partial charge < -0.3 is 0 Å². The fourth-order valence-corrected chi connectivity index (χ4v) is 5.84. The molecule has 0 saturated heterocycles. The molecule has 0 N–H and O–H groups in total. The fourth-order valence-electron chi connectivity index (χ4n) is 2.89. The summed E-state index contributed by atoms with van der Waals surface area (Å²) in [6, 6.07) is 26.7. The van der Waals surface area contributed by atoms with Gasteiger partial charge in [-0.15, -0.1) is 0 Å². The van der Waals surface area contributed by atoms with Gasteiger partial charge in [0.05, 0.1) is 0 Å². The number of benzene rings is 3. The molecule has 0 nitrogen and oxygen atoms in total. The summed E-state index contributed by atoms with van der Waals surface area (Å²) < 4.78 is 0. The summed E-state index contributed by atoms with van der Waals surface area (Å²) in [5.74, 6) is 0. The van der Waals surface area contributed by atoms with Crippen LogP contribution in [0.5, 0.6) is 0 Å². The molecule has 0 fully saturated rings. The number of rotatable bonds is 6. The lowest BCUT2D eigenvalue weighted by Gasteiger charge is -2.14. The number of hydrogen-bond donors (Lipinski definition) is 0. The average Bonchev–Trinajstić information content (AvgIpc) is 2.64. The highest BCUT2D eigenvalue weighted by Gasteiger charge is 2.08. The molecule has 3 rings (SSSR count). The Morgan fingerprint density at radius 2 is 0.833 bits per heavy atom. The van der Waals surface area contributed by atoms with Crippen molar-refractivity contribution in [3.63, 3.8) is 0 Å². The molecule has 2 unspecified atom stereocenters. The van der Waals surface area contributed by atoms with Gasteiger partial charge in [0.2, 0.25) is 0 Å². The third kappa shape index (κ3) is 4.13. The van der Waals surface area contributed by atoms with Crippen LogP contribution in [-0.4, -0.2) is 0 Å². The monoisotopic (exact) mass is 350 g/mol. The van der Waals surface area contributed by atoms with E-state index in [9.17, 15) is 0 Å². The van der Waals surface area contributed by atoms with Gasteiger partial charge in [0.1, 0.15) is 0 Å². The molecule has 0 heterocycles. The SMILES string of the molecule is CCc1ccccc1Pc1ccccc1Pc1ccccc1CC. The lowest BCUT2D eigenvalue weighted by molar-refractivity contribution is 1.15. The Morgan fingerprint density at radius 1 is 0.500 bits per heavy atom. The molecule has 0 bridgehead atoms. The lowest BCUT2D eigenvalue weighted by Crippen LogP contribution is -2.22. The summed E-state index contributed by atoms with van der Waals surface area (Å²) in [5.41, 5.74) is 2.95. The van der Waals surface area contributed by atoms with Crippen LogP contribution in [-0.2, 0) is 12.8 Å². The molecule has 0 aromatic heterocycles. The van der Waals surface area contributed by atoms with Gasteiger partial charge in [-0.25, -0.2) is 0 Å². The molecule has 0 aliphatic carbocycles. The summed E-state index contributed by atoms with van der Waals surface area (Å²) in [6.45, 7) is 4.49. The van der Waals surface area contributed by atoms with E-state index in [1.165, 1.54) is 32.3 Å². The van der Waals surface area contributed by atoms with Crippen LogP contribution in [0.15, 0.2) is 72.8 Å². The Balaban J connectivity index is 1.91. The summed E-state index contributed by atoms with van der Waals surface area (Å²) >= 11 is 0. The first kappa shape index (κ1) is 17.3. The van der Waals surface area contributed by atoms with E-state index >= 15 is 0 Å². The summed E-state index contributed by atoms with van der Waals surface area (Å²) in [7, 11) is 1.47. The van der Waals surface area contributed by atoms with Crippen LogP contribution in [0.4, 0.5) is 0 Å². The van der Waals surface area contributed by atoms with Crippen molar-refractivity contribution in [1.29, 1.82) is 0 Å². The third-order valence-electron chi connectivity index (χ3n) is 4.26. The van der Waals surface area contributed by atoms with Crippen molar-refractivity contribution in [2.24, 2.45) is 0 Å². The van der Waals surface area contributed by atoms with Crippen molar-refractivity contribution in [1.82, 2.24) is 0 Å². The molecule has 2 heteroatoms. The van der Waals surface area contributed by atoms with E-state index < -0.39 is 0 Å². The van der Waals surface area contributed by atoms with Crippen LogP contribution in [0.25, 0.3) is 0 Å². The van der Waals surface area contributed by atoms with Crippen LogP contribution >= 0.6 is 17.2 Å². The second-order valence-corrected chi connectivity index (χ2v) is 8.47. The van der Waals surface area contributed by atoms with E-state index in [0.717, 1.165) is 30.0 Å². The minimum atomic E-state index is 0.737. The van der Waals surface area contributed by atoms with E-state index in [2.05, 4.69) is 86.6 Å². The smallest absolute Gasteiger partial charge is 0.0149 e. The largest absolute Gasteiger partial charge is 0.0619 e. The quantitative estimate of drug-likeness (QED) is 0.588. The maximum atomic E-state index is 2.31. The highest BCUT2D eigenvalue weighted by atomic mass is 31.1. The first-order valence-electron chi connectivity index (χ1n) is 8.60. The van der Waals surface area contributed by atoms with E-state index in [1.54, 1.807) is 0 Å². The second kappa shape index (κ2) is 8.57. The van der Waals surface area contributed by atoms with Crippen LogP contribution in [0.1, 0.15) is 25.0 Å². The Bertz CT molecular complexity index is 740. The van der Waals surface area contributed by atoms with Gasteiger partial charge in [-0.3, -0.25) is 0 Å². The van der Waals surface area contributed by atoms with Crippen LogP contribution in [0.2, 0.25) is 0 Å². The maximum absolute atomic E-state index is 2.31. The topological polar surface area (TPSA) is 0 Å². The molecule has 24 heavy (non-hydrogen) atoms. The molecule has 3 aromatic carbocycles. The number of aryl methyl sites for hydroxylation is 2. The van der Waals surface area contributed by atoms with Crippen molar-refractivity contribution >= 4 is 38.4 Å². The second-order valence-electron chi connectivity index (χ2n) is 5.82. The van der Waals surface area contributed by atoms with Gasteiger partial charge in [0.25, 0.3) is 0 Å². The molecule has 3 aromatic rings. The van der Waals surface area contributed by atoms with Crippen molar-refractivity contribution in [2.45, 2.75) is 26.7 Å². The van der Waals surface area contributed by atoms with Crippen LogP contribution in [0, 0.1) is 0 Å². The van der Waals surface area contributed by atoms with Gasteiger partial charge in [0, 0.05) is 0 Å². The van der Waals surface area contributed by atoms with Gasteiger partial charge in [-0.05, 0) is 45.2 Å². The Kier molecular flexibility index (Phi) is 6.19. The molecule has 0 aliphatic heterocycles. The summed E-state index contributed by atoms with van der Waals surface area (Å²) in [5, 5.41) is 5.95. The van der Waals surface area contributed by atoms with Crippen LogP contribution in [0.3, 0.4) is 0 Å². The minimum absolute atomic E-state index is 0.737. The first-order valence-corrected chi connectivity index (χ1v) is 10.6. The third-order valence-corrected chi connectivity index (χ3v) is 7.44. The van der Waals surface area contributed by atoms with Gasteiger partial charge in [-0.2, -0.15) is 0 Å². The van der Waals surface area contributed by atoms with Gasteiger partial charge >= 0.3 is 0 Å². The molecular formula is C22H24P2. The van der Waals surface area contributed by atoms with Crippen molar-refractivity contribution < 1.29 is 0 Å². The van der Waals surface area contributed by atoms with Gasteiger partial charge in [-0.1, -0.05) is 104 Å². The van der Waals surface area contributed by atoms with Crippen molar-refractivity contribution in [3.05, 3.63) is 83.9 Å². The van der Waals surface area contributed by atoms with E-state index in [-0.39, 0.29) is 0 Å². The molecule has 0 radical (unpaired) electrons. The molecular weight excluding hydrogens is 326 g/mol.